The molecule has 0 aromatic carbocycles. The highest BCUT2D eigenvalue weighted by Crippen LogP contribution is 2.27. The van der Waals surface area contributed by atoms with Crippen molar-refractivity contribution in [2.45, 2.75) is 33.1 Å². The molecule has 1 fully saturated rings. The Bertz CT molecular complexity index is 138. The number of carbonyl (C=O) groups excluding carboxylic acids is 1. The third-order valence-electron chi connectivity index (χ3n) is 1.98. The van der Waals surface area contributed by atoms with Crippen molar-refractivity contribution >= 4 is 5.97 Å². The first-order valence-corrected chi connectivity index (χ1v) is 3.80. The Morgan fingerprint density at radius 3 is 2.80 bits per heavy atom. The van der Waals surface area contributed by atoms with E-state index in [0.717, 1.165) is 19.3 Å². The Balaban J connectivity index is 2.61. The maximum atomic E-state index is 11.1. The minimum absolute atomic E-state index is 0.0370. The van der Waals surface area contributed by atoms with E-state index in [9.17, 15) is 4.79 Å². The fraction of sp³-hybridized carbons (Fsp3) is 0.875. The number of cyclic esters (lactones) is 1. The zero-order chi connectivity index (χ0) is 7.61. The molecule has 1 aliphatic rings. The van der Waals surface area contributed by atoms with Gasteiger partial charge in [0.1, 0.15) is 0 Å². The summed E-state index contributed by atoms with van der Waals surface area (Å²) in [6, 6.07) is 0. The third-order valence-corrected chi connectivity index (χ3v) is 1.98. The van der Waals surface area contributed by atoms with Gasteiger partial charge in [0, 0.05) is 0 Å². The van der Waals surface area contributed by atoms with Crippen LogP contribution >= 0.6 is 0 Å². The summed E-state index contributed by atoms with van der Waals surface area (Å²) < 4.78 is 4.98. The van der Waals surface area contributed by atoms with E-state index in [-0.39, 0.29) is 11.4 Å². The number of hydrogen-bond acceptors (Lipinski definition) is 2. The summed E-state index contributed by atoms with van der Waals surface area (Å²) in [7, 11) is 0. The molecule has 1 heterocycles. The molecule has 0 atom stereocenters. The average molecular weight is 142 g/mol. The predicted molar refractivity (Wildman–Crippen MR) is 38.6 cm³/mol. The largest absolute Gasteiger partial charge is 0.465 e. The second-order valence-corrected chi connectivity index (χ2v) is 3.48. The second kappa shape index (κ2) is 2.60. The Morgan fingerprint density at radius 1 is 1.40 bits per heavy atom. The molecule has 10 heavy (non-hydrogen) atoms. The summed E-state index contributed by atoms with van der Waals surface area (Å²) >= 11 is 0. The van der Waals surface area contributed by atoms with Gasteiger partial charge >= 0.3 is 5.97 Å². The van der Waals surface area contributed by atoms with Crippen LogP contribution in [0.5, 0.6) is 0 Å². The molecule has 0 bridgehead atoms. The molecule has 0 aliphatic carbocycles. The topological polar surface area (TPSA) is 26.3 Å². The number of esters is 1. The van der Waals surface area contributed by atoms with Crippen molar-refractivity contribution < 1.29 is 9.53 Å². The van der Waals surface area contributed by atoms with Crippen LogP contribution in [0, 0.1) is 5.41 Å². The van der Waals surface area contributed by atoms with Gasteiger partial charge in [-0.15, -0.1) is 0 Å². The van der Waals surface area contributed by atoms with E-state index in [4.69, 9.17) is 4.74 Å². The number of hydrogen-bond donors (Lipinski definition) is 0. The van der Waals surface area contributed by atoms with Crippen LogP contribution in [-0.4, -0.2) is 12.6 Å². The van der Waals surface area contributed by atoms with Gasteiger partial charge in [0.25, 0.3) is 0 Å². The first kappa shape index (κ1) is 7.58. The molecule has 0 unspecified atom stereocenters. The Labute approximate surface area is 61.6 Å². The van der Waals surface area contributed by atoms with Crippen molar-refractivity contribution in [1.29, 1.82) is 0 Å². The van der Waals surface area contributed by atoms with Crippen LogP contribution in [0.15, 0.2) is 0 Å². The van der Waals surface area contributed by atoms with Crippen molar-refractivity contribution in [3.63, 3.8) is 0 Å². The fourth-order valence-corrected chi connectivity index (χ4v) is 1.13. The van der Waals surface area contributed by atoms with Gasteiger partial charge in [-0.2, -0.15) is 0 Å². The molecule has 0 radical (unpaired) electrons. The standard InChI is InChI=1S/C8H14O2/c1-8(2)5-3-4-6-10-7(8)9/h3-6H2,1-2H3. The summed E-state index contributed by atoms with van der Waals surface area (Å²) in [6.07, 6.45) is 3.10. The van der Waals surface area contributed by atoms with Gasteiger partial charge in [0.2, 0.25) is 0 Å². The number of carbonyl (C=O) groups is 1. The molecule has 2 heteroatoms. The van der Waals surface area contributed by atoms with Crippen molar-refractivity contribution in [2.75, 3.05) is 6.61 Å². The van der Waals surface area contributed by atoms with Crippen LogP contribution in [0.3, 0.4) is 0 Å². The molecule has 1 saturated heterocycles. The third kappa shape index (κ3) is 1.49. The zero-order valence-corrected chi connectivity index (χ0v) is 6.64. The summed E-state index contributed by atoms with van der Waals surface area (Å²) in [6.45, 7) is 4.50. The Hall–Kier alpha value is -0.530. The van der Waals surface area contributed by atoms with E-state index in [1.54, 1.807) is 0 Å². The first-order chi connectivity index (χ1) is 4.63. The van der Waals surface area contributed by atoms with Crippen LogP contribution < -0.4 is 0 Å². The van der Waals surface area contributed by atoms with Crippen molar-refractivity contribution in [3.8, 4) is 0 Å². The number of rotatable bonds is 0. The molecule has 1 aliphatic heterocycles. The van der Waals surface area contributed by atoms with Gasteiger partial charge in [-0.1, -0.05) is 0 Å². The van der Waals surface area contributed by atoms with E-state index in [2.05, 4.69) is 0 Å². The van der Waals surface area contributed by atoms with Gasteiger partial charge in [-0.3, -0.25) is 4.79 Å². The molecule has 2 nitrogen and oxygen atoms in total. The minimum atomic E-state index is -0.240. The fourth-order valence-electron chi connectivity index (χ4n) is 1.13. The maximum absolute atomic E-state index is 11.1. The van der Waals surface area contributed by atoms with E-state index in [1.807, 2.05) is 13.8 Å². The normalized spacial score (nSPS) is 25.2. The Morgan fingerprint density at radius 2 is 2.10 bits per heavy atom. The van der Waals surface area contributed by atoms with Crippen LogP contribution in [0.4, 0.5) is 0 Å². The molecule has 0 aromatic rings. The van der Waals surface area contributed by atoms with Gasteiger partial charge in [0.15, 0.2) is 0 Å². The first-order valence-electron chi connectivity index (χ1n) is 3.80. The van der Waals surface area contributed by atoms with Crippen molar-refractivity contribution in [2.24, 2.45) is 5.41 Å². The van der Waals surface area contributed by atoms with E-state index in [1.165, 1.54) is 0 Å². The number of ether oxygens (including phenoxy) is 1. The molecule has 1 rings (SSSR count). The molecule has 0 spiro atoms. The highest BCUT2D eigenvalue weighted by Gasteiger charge is 2.30. The lowest BCUT2D eigenvalue weighted by atomic mass is 9.88. The lowest BCUT2D eigenvalue weighted by molar-refractivity contribution is -0.152. The van der Waals surface area contributed by atoms with Crippen LogP contribution in [0.2, 0.25) is 0 Å². The minimum Gasteiger partial charge on any atom is -0.465 e. The van der Waals surface area contributed by atoms with Crippen molar-refractivity contribution in [1.82, 2.24) is 0 Å². The summed E-state index contributed by atoms with van der Waals surface area (Å²) in [5.41, 5.74) is -0.240. The lowest BCUT2D eigenvalue weighted by Crippen LogP contribution is -2.24. The summed E-state index contributed by atoms with van der Waals surface area (Å²) in [4.78, 5) is 11.1. The molecule has 0 saturated carbocycles. The monoisotopic (exact) mass is 142 g/mol. The van der Waals surface area contributed by atoms with Gasteiger partial charge in [-0.05, 0) is 33.1 Å². The zero-order valence-electron chi connectivity index (χ0n) is 6.64. The molecule has 0 aromatic heterocycles. The predicted octanol–water partition coefficient (Wildman–Crippen LogP) is 1.74. The molecular weight excluding hydrogens is 128 g/mol. The summed E-state index contributed by atoms with van der Waals surface area (Å²) in [5.74, 6) is -0.0370. The molecule has 0 amide bonds. The molecule has 0 N–H and O–H groups in total. The SMILES string of the molecule is CC1(C)CCCCOC1=O. The van der Waals surface area contributed by atoms with E-state index >= 15 is 0 Å². The van der Waals surface area contributed by atoms with Crippen molar-refractivity contribution in [3.05, 3.63) is 0 Å². The van der Waals surface area contributed by atoms with Gasteiger partial charge in [-0.25, -0.2) is 0 Å². The maximum Gasteiger partial charge on any atom is 0.311 e. The van der Waals surface area contributed by atoms with Gasteiger partial charge in [0.05, 0.1) is 12.0 Å². The second-order valence-electron chi connectivity index (χ2n) is 3.48. The summed E-state index contributed by atoms with van der Waals surface area (Å²) in [5, 5.41) is 0. The van der Waals surface area contributed by atoms with Crippen LogP contribution in [0.25, 0.3) is 0 Å². The Kier molecular flexibility index (Phi) is 1.97. The van der Waals surface area contributed by atoms with E-state index < -0.39 is 0 Å². The van der Waals surface area contributed by atoms with Crippen LogP contribution in [0.1, 0.15) is 33.1 Å². The van der Waals surface area contributed by atoms with Gasteiger partial charge < -0.3 is 4.74 Å². The quantitative estimate of drug-likeness (QED) is 0.481. The van der Waals surface area contributed by atoms with Crippen LogP contribution in [-0.2, 0) is 9.53 Å². The highest BCUT2D eigenvalue weighted by molar-refractivity contribution is 5.76. The highest BCUT2D eigenvalue weighted by atomic mass is 16.5. The van der Waals surface area contributed by atoms with E-state index in [0.29, 0.717) is 6.61 Å². The molecule has 58 valence electrons. The average Bonchev–Trinajstić information content (AvgIpc) is 1.96. The lowest BCUT2D eigenvalue weighted by Gasteiger charge is -2.17. The smallest absolute Gasteiger partial charge is 0.311 e. The molecular formula is C8H14O2.